The number of hydrogen-bond donors (Lipinski definition) is 1. The lowest BCUT2D eigenvalue weighted by molar-refractivity contribution is 0.0383. The molecule has 0 saturated carbocycles. The Morgan fingerprint density at radius 1 is 1.07 bits per heavy atom. The van der Waals surface area contributed by atoms with Gasteiger partial charge in [-0.25, -0.2) is 0 Å². The molecular weight excluding hydrogens is 362 g/mol. The summed E-state index contributed by atoms with van der Waals surface area (Å²) in [6, 6.07) is 8.00. The zero-order chi connectivity index (χ0) is 19.5. The molecule has 3 heterocycles. The zero-order valence-corrected chi connectivity index (χ0v) is 15.3. The Morgan fingerprint density at radius 3 is 2.61 bits per heavy atom. The van der Waals surface area contributed by atoms with Gasteiger partial charge >= 0.3 is 0 Å². The standard InChI is InChI=1S/C20H21N3O5/c24-18(21-5-6-22-7-10-27-11-8-22)14-3-4-16-17(12-14)20(26)23(19(16)25)13-15-2-1-9-28-15/h1-4,9,12H,5-8,10-11,13H2,(H,21,24). The molecule has 2 aromatic rings. The molecule has 1 fully saturated rings. The number of rotatable bonds is 6. The molecule has 146 valence electrons. The summed E-state index contributed by atoms with van der Waals surface area (Å²) in [4.78, 5) is 40.9. The molecule has 2 aliphatic rings. The van der Waals surface area contributed by atoms with E-state index in [0.717, 1.165) is 24.5 Å². The van der Waals surface area contributed by atoms with E-state index in [1.165, 1.54) is 18.4 Å². The molecule has 8 nitrogen and oxygen atoms in total. The summed E-state index contributed by atoms with van der Waals surface area (Å²) in [7, 11) is 0. The number of ether oxygens (including phenoxy) is 1. The van der Waals surface area contributed by atoms with E-state index in [-0.39, 0.29) is 23.9 Å². The van der Waals surface area contributed by atoms with Crippen molar-refractivity contribution in [3.63, 3.8) is 0 Å². The second kappa shape index (κ2) is 7.95. The van der Waals surface area contributed by atoms with Crippen molar-refractivity contribution in [2.45, 2.75) is 6.54 Å². The Morgan fingerprint density at radius 2 is 1.86 bits per heavy atom. The molecule has 3 amide bonds. The van der Waals surface area contributed by atoms with Gasteiger partial charge in [0.2, 0.25) is 0 Å². The van der Waals surface area contributed by atoms with Crippen molar-refractivity contribution >= 4 is 17.7 Å². The summed E-state index contributed by atoms with van der Waals surface area (Å²) in [6.45, 7) is 4.46. The highest BCUT2D eigenvalue weighted by Gasteiger charge is 2.36. The maximum atomic E-state index is 12.6. The van der Waals surface area contributed by atoms with Gasteiger partial charge in [0.1, 0.15) is 5.76 Å². The highest BCUT2D eigenvalue weighted by Crippen LogP contribution is 2.25. The van der Waals surface area contributed by atoms with Gasteiger partial charge in [0.05, 0.1) is 37.1 Å². The molecule has 1 aromatic carbocycles. The predicted molar refractivity (Wildman–Crippen MR) is 98.9 cm³/mol. The van der Waals surface area contributed by atoms with Gasteiger partial charge in [-0.1, -0.05) is 0 Å². The third-order valence-corrected chi connectivity index (χ3v) is 4.94. The van der Waals surface area contributed by atoms with Crippen molar-refractivity contribution < 1.29 is 23.5 Å². The molecule has 1 aromatic heterocycles. The summed E-state index contributed by atoms with van der Waals surface area (Å²) < 4.78 is 10.5. The van der Waals surface area contributed by atoms with Gasteiger partial charge in [0.25, 0.3) is 17.7 Å². The summed E-state index contributed by atoms with van der Waals surface area (Å²) in [5, 5.41) is 2.86. The molecule has 1 saturated heterocycles. The maximum absolute atomic E-state index is 12.6. The van der Waals surface area contributed by atoms with Crippen LogP contribution >= 0.6 is 0 Å². The average Bonchev–Trinajstić information content (AvgIpc) is 3.32. The number of imide groups is 1. The van der Waals surface area contributed by atoms with Crippen molar-refractivity contribution in [1.82, 2.24) is 15.1 Å². The highest BCUT2D eigenvalue weighted by atomic mass is 16.5. The van der Waals surface area contributed by atoms with Gasteiger partial charge in [-0.3, -0.25) is 24.2 Å². The predicted octanol–water partition coefficient (Wildman–Crippen LogP) is 1.14. The first-order valence-electron chi connectivity index (χ1n) is 9.24. The lowest BCUT2D eigenvalue weighted by atomic mass is 10.1. The number of carbonyl (C=O) groups is 3. The van der Waals surface area contributed by atoms with Crippen molar-refractivity contribution in [1.29, 1.82) is 0 Å². The van der Waals surface area contributed by atoms with E-state index in [1.807, 2.05) is 0 Å². The van der Waals surface area contributed by atoms with Crippen molar-refractivity contribution in [2.24, 2.45) is 0 Å². The first kappa shape index (κ1) is 18.4. The number of amides is 3. The second-order valence-electron chi connectivity index (χ2n) is 6.75. The average molecular weight is 383 g/mol. The van der Waals surface area contributed by atoms with Gasteiger partial charge < -0.3 is 14.5 Å². The molecule has 0 atom stereocenters. The number of nitrogens with one attached hydrogen (secondary N) is 1. The Bertz CT molecular complexity index is 887. The molecule has 0 bridgehead atoms. The van der Waals surface area contributed by atoms with Crippen LogP contribution in [0.2, 0.25) is 0 Å². The van der Waals surface area contributed by atoms with Crippen LogP contribution in [-0.2, 0) is 11.3 Å². The first-order valence-corrected chi connectivity index (χ1v) is 9.24. The van der Waals surface area contributed by atoms with Crippen LogP contribution in [0.3, 0.4) is 0 Å². The minimum atomic E-state index is -0.417. The SMILES string of the molecule is O=C(NCCN1CCOCC1)c1ccc2c(c1)C(=O)N(Cc1ccco1)C2=O. The number of morpholine rings is 1. The molecule has 0 unspecified atom stereocenters. The minimum Gasteiger partial charge on any atom is -0.467 e. The monoisotopic (exact) mass is 383 g/mol. The van der Waals surface area contributed by atoms with Crippen molar-refractivity contribution in [2.75, 3.05) is 39.4 Å². The fourth-order valence-electron chi connectivity index (χ4n) is 3.39. The number of hydrogen-bond acceptors (Lipinski definition) is 6. The fourth-order valence-corrected chi connectivity index (χ4v) is 3.39. The molecule has 0 spiro atoms. The fraction of sp³-hybridized carbons (Fsp3) is 0.350. The topological polar surface area (TPSA) is 92.1 Å². The van der Waals surface area contributed by atoms with Gasteiger partial charge in [-0.2, -0.15) is 0 Å². The molecule has 0 aliphatic carbocycles. The van der Waals surface area contributed by atoms with Gasteiger partial charge in [0, 0.05) is 31.7 Å². The van der Waals surface area contributed by atoms with E-state index in [0.29, 0.717) is 36.6 Å². The van der Waals surface area contributed by atoms with E-state index in [2.05, 4.69) is 10.2 Å². The zero-order valence-electron chi connectivity index (χ0n) is 15.3. The van der Waals surface area contributed by atoms with E-state index < -0.39 is 5.91 Å². The van der Waals surface area contributed by atoms with Crippen LogP contribution in [0.15, 0.2) is 41.0 Å². The van der Waals surface area contributed by atoms with Crippen LogP contribution in [0.25, 0.3) is 0 Å². The van der Waals surface area contributed by atoms with Crippen LogP contribution in [0.4, 0.5) is 0 Å². The van der Waals surface area contributed by atoms with Crippen LogP contribution in [-0.4, -0.2) is 66.9 Å². The number of furan rings is 1. The summed E-state index contributed by atoms with van der Waals surface area (Å²) in [5.41, 5.74) is 0.917. The maximum Gasteiger partial charge on any atom is 0.261 e. The van der Waals surface area contributed by atoms with Gasteiger partial charge in [-0.15, -0.1) is 0 Å². The first-order chi connectivity index (χ1) is 13.6. The quantitative estimate of drug-likeness (QED) is 0.752. The molecule has 28 heavy (non-hydrogen) atoms. The van der Waals surface area contributed by atoms with Crippen molar-refractivity contribution in [3.05, 3.63) is 59.0 Å². The second-order valence-corrected chi connectivity index (χ2v) is 6.75. The molecule has 4 rings (SSSR count). The van der Waals surface area contributed by atoms with Crippen LogP contribution in [0.5, 0.6) is 0 Å². The van der Waals surface area contributed by atoms with Crippen LogP contribution in [0.1, 0.15) is 36.8 Å². The molecular formula is C20H21N3O5. The summed E-state index contributed by atoms with van der Waals surface area (Å²) in [6.07, 6.45) is 1.49. The Labute approximate surface area is 162 Å². The van der Waals surface area contributed by atoms with E-state index >= 15 is 0 Å². The Kier molecular flexibility index (Phi) is 5.23. The normalized spacial score (nSPS) is 17.1. The lowest BCUT2D eigenvalue weighted by Crippen LogP contribution is -2.41. The smallest absolute Gasteiger partial charge is 0.261 e. The molecule has 8 heteroatoms. The van der Waals surface area contributed by atoms with E-state index in [4.69, 9.17) is 9.15 Å². The number of benzene rings is 1. The van der Waals surface area contributed by atoms with E-state index in [9.17, 15) is 14.4 Å². The molecule has 0 radical (unpaired) electrons. The highest BCUT2D eigenvalue weighted by molar-refractivity contribution is 6.21. The molecule has 1 N–H and O–H groups in total. The largest absolute Gasteiger partial charge is 0.467 e. The minimum absolute atomic E-state index is 0.0699. The Balaban J connectivity index is 1.40. The third kappa shape index (κ3) is 3.69. The lowest BCUT2D eigenvalue weighted by Gasteiger charge is -2.26. The van der Waals surface area contributed by atoms with Gasteiger partial charge in [0.15, 0.2) is 0 Å². The van der Waals surface area contributed by atoms with Gasteiger partial charge in [-0.05, 0) is 30.3 Å². The van der Waals surface area contributed by atoms with Crippen molar-refractivity contribution in [3.8, 4) is 0 Å². The van der Waals surface area contributed by atoms with E-state index in [1.54, 1.807) is 18.2 Å². The Hall–Kier alpha value is -2.97. The van der Waals surface area contributed by atoms with Crippen LogP contribution < -0.4 is 5.32 Å². The summed E-state index contributed by atoms with van der Waals surface area (Å²) >= 11 is 0. The third-order valence-electron chi connectivity index (χ3n) is 4.94. The summed E-state index contributed by atoms with van der Waals surface area (Å²) in [5.74, 6) is -0.536. The van der Waals surface area contributed by atoms with Crippen LogP contribution in [0, 0.1) is 0 Å². The molecule has 2 aliphatic heterocycles. The number of fused-ring (bicyclic) bond motifs is 1. The number of carbonyl (C=O) groups excluding carboxylic acids is 3. The number of nitrogens with zero attached hydrogens (tertiary/aromatic N) is 2.